The average molecular weight is 551 g/mol. The summed E-state index contributed by atoms with van der Waals surface area (Å²) in [5.74, 6) is 0.181. The molecule has 4 nitrogen and oxygen atoms in total. The highest BCUT2D eigenvalue weighted by atomic mass is 127. The first-order chi connectivity index (χ1) is 14.3. The average Bonchev–Trinajstić information content (AvgIpc) is 2.74. The predicted molar refractivity (Wildman–Crippen MR) is 123 cm³/mol. The Kier molecular flexibility index (Phi) is 9.11. The molecule has 0 bridgehead atoms. The summed E-state index contributed by atoms with van der Waals surface area (Å²) in [6, 6.07) is 11.7. The fourth-order valence-electron chi connectivity index (χ4n) is 3.66. The summed E-state index contributed by atoms with van der Waals surface area (Å²) in [6.45, 7) is 1.73. The molecule has 2 aromatic rings. The third-order valence-corrected chi connectivity index (χ3v) is 5.42. The molecule has 0 atom stereocenters. The first-order valence-electron chi connectivity index (χ1n) is 9.77. The van der Waals surface area contributed by atoms with Gasteiger partial charge in [0.2, 0.25) is 0 Å². The van der Waals surface area contributed by atoms with Gasteiger partial charge in [0.25, 0.3) is 0 Å². The Morgan fingerprint density at radius 2 is 1.77 bits per heavy atom. The maximum Gasteiger partial charge on any atom is 0.416 e. The van der Waals surface area contributed by atoms with Crippen molar-refractivity contribution < 1.29 is 22.3 Å². The van der Waals surface area contributed by atoms with Crippen LogP contribution in [0.3, 0.4) is 0 Å². The summed E-state index contributed by atoms with van der Waals surface area (Å²) >= 11 is 0. The molecule has 9 heteroatoms. The monoisotopic (exact) mass is 551 g/mol. The van der Waals surface area contributed by atoms with Gasteiger partial charge in [-0.05, 0) is 42.2 Å². The molecule has 0 spiro atoms. The van der Waals surface area contributed by atoms with E-state index in [0.717, 1.165) is 11.6 Å². The molecule has 0 aromatic heterocycles. The number of hydrogen-bond acceptors (Lipinski definition) is 2. The second kappa shape index (κ2) is 11.1. The number of guanidine groups is 1. The van der Waals surface area contributed by atoms with Crippen molar-refractivity contribution in [2.75, 3.05) is 26.8 Å². The van der Waals surface area contributed by atoms with Crippen LogP contribution in [0.2, 0.25) is 0 Å². The van der Waals surface area contributed by atoms with Crippen LogP contribution in [0.1, 0.15) is 29.5 Å². The Morgan fingerprint density at radius 1 is 1.06 bits per heavy atom. The number of benzene rings is 2. The lowest BCUT2D eigenvalue weighted by atomic mass is 9.73. The van der Waals surface area contributed by atoms with Gasteiger partial charge in [-0.15, -0.1) is 24.0 Å². The lowest BCUT2D eigenvalue weighted by Crippen LogP contribution is -2.48. The van der Waals surface area contributed by atoms with E-state index in [1.54, 1.807) is 25.2 Å². The van der Waals surface area contributed by atoms with Crippen LogP contribution in [0.25, 0.3) is 0 Å². The predicted octanol–water partition coefficient (Wildman–Crippen LogP) is 4.88. The van der Waals surface area contributed by atoms with Crippen molar-refractivity contribution in [1.82, 2.24) is 10.6 Å². The summed E-state index contributed by atoms with van der Waals surface area (Å²) < 4.78 is 58.5. The second-order valence-corrected chi connectivity index (χ2v) is 7.38. The van der Waals surface area contributed by atoms with Crippen LogP contribution in [0.4, 0.5) is 17.6 Å². The van der Waals surface area contributed by atoms with Crippen LogP contribution in [0, 0.1) is 5.82 Å². The van der Waals surface area contributed by atoms with Crippen LogP contribution >= 0.6 is 24.0 Å². The van der Waals surface area contributed by atoms with Crippen molar-refractivity contribution in [2.24, 2.45) is 4.99 Å². The van der Waals surface area contributed by atoms with Gasteiger partial charge in [-0.2, -0.15) is 13.2 Å². The first-order valence-corrected chi connectivity index (χ1v) is 9.77. The molecular weight excluding hydrogens is 525 g/mol. The van der Waals surface area contributed by atoms with E-state index in [0.29, 0.717) is 50.7 Å². The molecule has 0 aliphatic carbocycles. The molecule has 1 aliphatic heterocycles. The molecule has 1 heterocycles. The van der Waals surface area contributed by atoms with Gasteiger partial charge in [-0.25, -0.2) is 4.39 Å². The highest BCUT2D eigenvalue weighted by Crippen LogP contribution is 2.37. The molecule has 2 N–H and O–H groups in total. The van der Waals surface area contributed by atoms with Gasteiger partial charge >= 0.3 is 6.18 Å². The third-order valence-electron chi connectivity index (χ3n) is 5.42. The van der Waals surface area contributed by atoms with Crippen LogP contribution in [0.15, 0.2) is 53.5 Å². The first kappa shape index (κ1) is 25.4. The zero-order valence-electron chi connectivity index (χ0n) is 17.1. The Labute approximate surface area is 196 Å². The van der Waals surface area contributed by atoms with Gasteiger partial charge in [0.1, 0.15) is 5.82 Å². The number of halogens is 5. The SMILES string of the molecule is CN=C(NCc1cccc(F)c1)NCC1(c2cccc(C(F)(F)F)c2)CCOCC1.I. The summed E-state index contributed by atoms with van der Waals surface area (Å²) in [4.78, 5) is 4.18. The van der Waals surface area contributed by atoms with E-state index in [2.05, 4.69) is 15.6 Å². The van der Waals surface area contributed by atoms with Gasteiger partial charge in [0.15, 0.2) is 5.96 Å². The summed E-state index contributed by atoms with van der Waals surface area (Å²) in [6.07, 6.45) is -3.19. The normalized spacial score (nSPS) is 16.4. The van der Waals surface area contributed by atoms with Gasteiger partial charge in [-0.1, -0.05) is 30.3 Å². The van der Waals surface area contributed by atoms with Crippen molar-refractivity contribution in [2.45, 2.75) is 31.0 Å². The van der Waals surface area contributed by atoms with E-state index < -0.39 is 17.2 Å². The zero-order chi connectivity index (χ0) is 21.6. The largest absolute Gasteiger partial charge is 0.416 e. The second-order valence-electron chi connectivity index (χ2n) is 7.38. The molecule has 1 fully saturated rings. The molecule has 1 aliphatic rings. The molecule has 2 aromatic carbocycles. The number of ether oxygens (including phenoxy) is 1. The lowest BCUT2D eigenvalue weighted by molar-refractivity contribution is -0.137. The maximum atomic E-state index is 13.4. The fourth-order valence-corrected chi connectivity index (χ4v) is 3.66. The van der Waals surface area contributed by atoms with Crippen LogP contribution in [-0.2, 0) is 22.9 Å². The summed E-state index contributed by atoms with van der Waals surface area (Å²) in [5.41, 5.74) is 0.237. The van der Waals surface area contributed by atoms with Crippen molar-refractivity contribution >= 4 is 29.9 Å². The molecule has 3 rings (SSSR count). The van der Waals surface area contributed by atoms with Crippen molar-refractivity contribution in [1.29, 1.82) is 0 Å². The Hall–Kier alpha value is -1.88. The summed E-state index contributed by atoms with van der Waals surface area (Å²) in [5, 5.41) is 6.35. The quantitative estimate of drug-likeness (QED) is 0.241. The minimum Gasteiger partial charge on any atom is -0.381 e. The number of nitrogens with zero attached hydrogens (tertiary/aromatic N) is 1. The van der Waals surface area contributed by atoms with Crippen LogP contribution in [-0.4, -0.2) is 32.8 Å². The molecule has 0 unspecified atom stereocenters. The lowest BCUT2D eigenvalue weighted by Gasteiger charge is -2.38. The number of nitrogens with one attached hydrogen (secondary N) is 2. The van der Waals surface area contributed by atoms with E-state index in [4.69, 9.17) is 4.74 Å². The number of rotatable bonds is 5. The molecule has 0 radical (unpaired) electrons. The van der Waals surface area contributed by atoms with E-state index in [9.17, 15) is 17.6 Å². The van der Waals surface area contributed by atoms with E-state index in [1.165, 1.54) is 24.3 Å². The van der Waals surface area contributed by atoms with Crippen LogP contribution < -0.4 is 10.6 Å². The highest BCUT2D eigenvalue weighted by molar-refractivity contribution is 14.0. The van der Waals surface area contributed by atoms with Gasteiger partial charge in [0, 0.05) is 38.8 Å². The standard InChI is InChI=1S/C22H25F4N3O.HI/c1-27-20(28-14-16-4-2-7-19(23)12-16)29-15-21(8-10-30-11-9-21)17-5-3-6-18(13-17)22(24,25)26;/h2-7,12-13H,8-11,14-15H2,1H3,(H2,27,28,29);1H. The van der Waals surface area contributed by atoms with Gasteiger partial charge in [-0.3, -0.25) is 4.99 Å². The zero-order valence-corrected chi connectivity index (χ0v) is 19.5. The Morgan fingerprint density at radius 3 is 2.42 bits per heavy atom. The van der Waals surface area contributed by atoms with Crippen molar-refractivity contribution in [3.05, 3.63) is 71.0 Å². The highest BCUT2D eigenvalue weighted by Gasteiger charge is 2.37. The van der Waals surface area contributed by atoms with Gasteiger partial charge < -0.3 is 15.4 Å². The molecule has 0 saturated carbocycles. The smallest absolute Gasteiger partial charge is 0.381 e. The maximum absolute atomic E-state index is 13.4. The number of hydrogen-bond donors (Lipinski definition) is 2. The summed E-state index contributed by atoms with van der Waals surface area (Å²) in [7, 11) is 1.61. The van der Waals surface area contributed by atoms with Gasteiger partial charge in [0.05, 0.1) is 5.56 Å². The molecule has 0 amide bonds. The van der Waals surface area contributed by atoms with Crippen molar-refractivity contribution in [3.8, 4) is 0 Å². The molecule has 170 valence electrons. The van der Waals surface area contributed by atoms with E-state index in [1.807, 2.05) is 0 Å². The Balaban J connectivity index is 0.00000341. The number of aliphatic imine (C=N–C) groups is 1. The minimum absolute atomic E-state index is 0. The Bertz CT molecular complexity index is 883. The third kappa shape index (κ3) is 6.80. The van der Waals surface area contributed by atoms with Crippen molar-refractivity contribution in [3.63, 3.8) is 0 Å². The minimum atomic E-state index is -4.39. The van der Waals surface area contributed by atoms with Crippen LogP contribution in [0.5, 0.6) is 0 Å². The van der Waals surface area contributed by atoms with E-state index in [-0.39, 0.29) is 29.8 Å². The molecule has 1 saturated heterocycles. The topological polar surface area (TPSA) is 45.7 Å². The number of alkyl halides is 3. The van der Waals surface area contributed by atoms with E-state index >= 15 is 0 Å². The molecule has 31 heavy (non-hydrogen) atoms. The fraction of sp³-hybridized carbons (Fsp3) is 0.409. The molecular formula is C22H26F4IN3O.